The van der Waals surface area contributed by atoms with Gasteiger partial charge in [-0.05, 0) is 50.1 Å². The maximum atomic E-state index is 12.5. The standard InChI is InChI=1S/C24H23N5O2S/c1-24(11-12-24)32(30,31)27-17-9-7-16(8-10-17)22-21(14-25)20-13-19(28(2)3)15-26-23(20)29(22)18-5-4-6-18/h4-10,13,15,27H,11-12H2,1-3H3. The van der Waals surface area contributed by atoms with Crippen molar-refractivity contribution in [2.24, 2.45) is 0 Å². The monoisotopic (exact) mass is 445 g/mol. The van der Waals surface area contributed by atoms with Gasteiger partial charge in [0.05, 0.1) is 27.9 Å². The Bertz CT molecular complexity index is 1450. The topological polar surface area (TPSA) is 91.0 Å². The largest absolute Gasteiger partial charge is 0.376 e. The van der Waals surface area contributed by atoms with Crippen molar-refractivity contribution < 1.29 is 8.42 Å². The fraction of sp³-hybridized carbons (Fsp3) is 0.250. The molecule has 1 aromatic carbocycles. The minimum Gasteiger partial charge on any atom is -0.376 e. The molecule has 0 amide bonds. The van der Waals surface area contributed by atoms with Gasteiger partial charge in [-0.1, -0.05) is 18.2 Å². The van der Waals surface area contributed by atoms with Gasteiger partial charge in [0.25, 0.3) is 0 Å². The lowest BCUT2D eigenvalue weighted by molar-refractivity contribution is 0.587. The van der Waals surface area contributed by atoms with E-state index >= 15 is 0 Å². The third kappa shape index (κ3) is 3.09. The first kappa shape index (κ1) is 20.3. The van der Waals surface area contributed by atoms with Gasteiger partial charge in [0.1, 0.15) is 11.7 Å². The molecule has 8 heteroatoms. The van der Waals surface area contributed by atoms with Crippen LogP contribution >= 0.6 is 0 Å². The lowest BCUT2D eigenvalue weighted by Gasteiger charge is -2.16. The highest BCUT2D eigenvalue weighted by atomic mass is 32.2. The molecule has 0 radical (unpaired) electrons. The van der Waals surface area contributed by atoms with Crippen LogP contribution in [0, 0.1) is 11.3 Å². The smallest absolute Gasteiger partial charge is 0.238 e. The number of nitrogens with zero attached hydrogens (tertiary/aromatic N) is 4. The maximum Gasteiger partial charge on any atom is 0.238 e. The van der Waals surface area contributed by atoms with E-state index in [9.17, 15) is 13.7 Å². The highest BCUT2D eigenvalue weighted by Crippen LogP contribution is 2.43. The van der Waals surface area contributed by atoms with Crippen LogP contribution in [-0.4, -0.2) is 36.8 Å². The molecule has 2 aliphatic rings. The Labute approximate surface area is 187 Å². The van der Waals surface area contributed by atoms with E-state index in [1.54, 1.807) is 25.3 Å². The van der Waals surface area contributed by atoms with Crippen LogP contribution in [0.1, 0.15) is 25.3 Å². The summed E-state index contributed by atoms with van der Waals surface area (Å²) in [5.74, 6) is 0. The lowest BCUT2D eigenvalue weighted by Crippen LogP contribution is -2.26. The highest BCUT2D eigenvalue weighted by Gasteiger charge is 2.50. The zero-order chi connectivity index (χ0) is 22.7. The number of hydrogen-bond donors (Lipinski definition) is 1. The summed E-state index contributed by atoms with van der Waals surface area (Å²) in [6.07, 6.45) is 9.05. The van der Waals surface area contributed by atoms with E-state index < -0.39 is 14.8 Å². The predicted molar refractivity (Wildman–Crippen MR) is 128 cm³/mol. The molecule has 2 heterocycles. The average Bonchev–Trinajstić information content (AvgIpc) is 3.41. The van der Waals surface area contributed by atoms with E-state index in [1.165, 1.54) is 0 Å². The van der Waals surface area contributed by atoms with Crippen LogP contribution in [0.5, 0.6) is 0 Å². The molecular formula is C24H23N5O2S. The van der Waals surface area contributed by atoms with Gasteiger partial charge in [0.15, 0.2) is 0 Å². The summed E-state index contributed by atoms with van der Waals surface area (Å²) in [4.78, 5) is 6.62. The molecule has 1 fully saturated rings. The average molecular weight is 446 g/mol. The van der Waals surface area contributed by atoms with Crippen molar-refractivity contribution in [3.05, 3.63) is 60.3 Å². The molecular weight excluding hydrogens is 422 g/mol. The van der Waals surface area contributed by atoms with Crippen LogP contribution in [0.4, 0.5) is 11.4 Å². The molecule has 0 saturated heterocycles. The van der Waals surface area contributed by atoms with Crippen LogP contribution in [0.25, 0.3) is 28.0 Å². The first-order chi connectivity index (χ1) is 15.2. The molecule has 1 saturated carbocycles. The van der Waals surface area contributed by atoms with Crippen LogP contribution in [0.3, 0.4) is 0 Å². The van der Waals surface area contributed by atoms with Gasteiger partial charge < -0.3 is 4.90 Å². The summed E-state index contributed by atoms with van der Waals surface area (Å²) < 4.78 is 29.1. The second-order valence-corrected chi connectivity index (χ2v) is 10.9. The Kier molecular flexibility index (Phi) is 4.43. The molecule has 2 aliphatic carbocycles. The molecule has 0 spiro atoms. The molecule has 0 aliphatic heterocycles. The predicted octanol–water partition coefficient (Wildman–Crippen LogP) is 4.35. The number of pyridine rings is 1. The minimum absolute atomic E-state index is 0.513. The van der Waals surface area contributed by atoms with Gasteiger partial charge in [0.2, 0.25) is 10.0 Å². The molecule has 2 aromatic heterocycles. The maximum absolute atomic E-state index is 12.5. The van der Waals surface area contributed by atoms with Crippen molar-refractivity contribution in [3.63, 3.8) is 0 Å². The van der Waals surface area contributed by atoms with Gasteiger partial charge in [-0.15, -0.1) is 0 Å². The number of rotatable bonds is 6. The van der Waals surface area contributed by atoms with E-state index in [0.29, 0.717) is 29.7 Å². The first-order valence-electron chi connectivity index (χ1n) is 10.4. The Morgan fingerprint density at radius 3 is 2.44 bits per heavy atom. The van der Waals surface area contributed by atoms with Crippen LogP contribution in [0.2, 0.25) is 0 Å². The Hall–Kier alpha value is -3.57. The molecule has 5 rings (SSSR count). The number of nitrogens with one attached hydrogen (secondary N) is 1. The van der Waals surface area contributed by atoms with E-state index in [4.69, 9.17) is 0 Å². The quantitative estimate of drug-likeness (QED) is 0.609. The minimum atomic E-state index is -3.42. The van der Waals surface area contributed by atoms with Gasteiger partial charge in [-0.2, -0.15) is 5.26 Å². The number of sulfonamides is 1. The summed E-state index contributed by atoms with van der Waals surface area (Å²) in [6, 6.07) is 11.5. The lowest BCUT2D eigenvalue weighted by atomic mass is 10.1. The van der Waals surface area contributed by atoms with Gasteiger partial charge in [-0.3, -0.25) is 9.29 Å². The van der Waals surface area contributed by atoms with Crippen LogP contribution in [-0.2, 0) is 10.0 Å². The zero-order valence-electron chi connectivity index (χ0n) is 18.1. The number of hydrogen-bond acceptors (Lipinski definition) is 5. The normalized spacial score (nSPS) is 16.2. The zero-order valence-corrected chi connectivity index (χ0v) is 18.9. The summed E-state index contributed by atoms with van der Waals surface area (Å²) in [5.41, 5.74) is 5.18. The molecule has 162 valence electrons. The molecule has 7 nitrogen and oxygen atoms in total. The molecule has 32 heavy (non-hydrogen) atoms. The number of allylic oxidation sites excluding steroid dienone is 4. The molecule has 0 bridgehead atoms. The third-order valence-electron chi connectivity index (χ3n) is 6.23. The van der Waals surface area contributed by atoms with Crippen LogP contribution in [0.15, 0.2) is 54.8 Å². The van der Waals surface area contributed by atoms with Crippen molar-refractivity contribution in [2.75, 3.05) is 23.7 Å². The fourth-order valence-electron chi connectivity index (χ4n) is 3.79. The summed E-state index contributed by atoms with van der Waals surface area (Å²) in [7, 11) is 0.452. The summed E-state index contributed by atoms with van der Waals surface area (Å²) >= 11 is 0. The fourth-order valence-corrected chi connectivity index (χ4v) is 5.12. The molecule has 0 atom stereocenters. The van der Waals surface area contributed by atoms with Gasteiger partial charge in [-0.25, -0.2) is 13.4 Å². The number of nitriles is 1. The third-order valence-corrected chi connectivity index (χ3v) is 8.44. The molecule has 0 unspecified atom stereocenters. The summed E-state index contributed by atoms with van der Waals surface area (Å²) in [6.45, 7) is 1.76. The Balaban J connectivity index is 1.63. The highest BCUT2D eigenvalue weighted by molar-refractivity contribution is 7.94. The van der Waals surface area contributed by atoms with Gasteiger partial charge >= 0.3 is 0 Å². The van der Waals surface area contributed by atoms with Crippen LogP contribution < -0.4 is 9.62 Å². The second kappa shape index (κ2) is 6.97. The first-order valence-corrected chi connectivity index (χ1v) is 11.9. The van der Waals surface area contributed by atoms with E-state index in [1.807, 2.05) is 60.0 Å². The van der Waals surface area contributed by atoms with Crippen molar-refractivity contribution in [1.29, 1.82) is 5.26 Å². The van der Waals surface area contributed by atoms with E-state index in [0.717, 1.165) is 28.0 Å². The van der Waals surface area contributed by atoms with Crippen molar-refractivity contribution in [1.82, 2.24) is 9.55 Å². The Morgan fingerprint density at radius 1 is 1.22 bits per heavy atom. The Morgan fingerprint density at radius 2 is 1.91 bits per heavy atom. The molecule has 3 aromatic rings. The number of fused-ring (bicyclic) bond motifs is 1. The number of aromatic nitrogens is 2. The van der Waals surface area contributed by atoms with Crippen molar-refractivity contribution in [2.45, 2.75) is 24.5 Å². The number of anilines is 2. The van der Waals surface area contributed by atoms with Crippen molar-refractivity contribution in [3.8, 4) is 17.3 Å². The van der Waals surface area contributed by atoms with E-state index in [-0.39, 0.29) is 0 Å². The number of benzene rings is 1. The van der Waals surface area contributed by atoms with Gasteiger partial charge in [0, 0.05) is 36.4 Å². The van der Waals surface area contributed by atoms with Crippen molar-refractivity contribution >= 4 is 38.1 Å². The molecule has 1 N–H and O–H groups in total. The second-order valence-electron chi connectivity index (χ2n) is 8.71. The summed E-state index contributed by atoms with van der Waals surface area (Å²) in [5, 5.41) is 10.8. The van der Waals surface area contributed by atoms with E-state index in [2.05, 4.69) is 15.8 Å². The SMILES string of the molecule is CN(C)c1cnc2c(c1)c(C#N)c(-c1ccc(NS(=O)(=O)C3(C)CC3)cc1)n2C1=CC=C1.